The number of benzene rings is 1. The molecule has 0 amide bonds. The first kappa shape index (κ1) is 17.9. The van der Waals surface area contributed by atoms with Crippen LogP contribution in [-0.2, 0) is 16.0 Å². The molecule has 1 N–H and O–H groups in total. The van der Waals surface area contributed by atoms with Crippen molar-refractivity contribution in [2.45, 2.75) is 26.3 Å². The standard InChI is InChI=1S/C16H15N5O4/c1-10(23)14(7-12-3-5-13(6-4-12)18-9-22)20-16-15(21(24)25)8-17-11(2)19-16/h3-6,8,14H,7H2,1-2H3,(H,17,19,20)/t14-/m0/s1. The first-order valence-corrected chi connectivity index (χ1v) is 7.32. The second kappa shape index (κ2) is 7.89. The first-order valence-electron chi connectivity index (χ1n) is 7.32. The smallest absolute Gasteiger partial charge is 0.329 e. The zero-order chi connectivity index (χ0) is 18.4. The molecular weight excluding hydrogens is 326 g/mol. The Morgan fingerprint density at radius 3 is 2.64 bits per heavy atom. The molecule has 25 heavy (non-hydrogen) atoms. The van der Waals surface area contributed by atoms with Crippen molar-refractivity contribution in [3.8, 4) is 0 Å². The van der Waals surface area contributed by atoms with Crippen LogP contribution in [0.3, 0.4) is 0 Å². The van der Waals surface area contributed by atoms with Gasteiger partial charge in [0.15, 0.2) is 5.78 Å². The van der Waals surface area contributed by atoms with Crippen molar-refractivity contribution in [1.82, 2.24) is 9.97 Å². The second-order valence-electron chi connectivity index (χ2n) is 5.29. The minimum absolute atomic E-state index is 0.000116. The predicted molar refractivity (Wildman–Crippen MR) is 89.4 cm³/mol. The van der Waals surface area contributed by atoms with Gasteiger partial charge in [-0.2, -0.15) is 4.99 Å². The van der Waals surface area contributed by atoms with Crippen LogP contribution in [0.5, 0.6) is 0 Å². The van der Waals surface area contributed by atoms with Gasteiger partial charge in [-0.1, -0.05) is 12.1 Å². The van der Waals surface area contributed by atoms with Gasteiger partial charge in [0, 0.05) is 0 Å². The molecule has 0 saturated heterocycles. The summed E-state index contributed by atoms with van der Waals surface area (Å²) in [4.78, 5) is 44.0. The van der Waals surface area contributed by atoms with Crippen LogP contribution >= 0.6 is 0 Å². The molecule has 0 saturated carbocycles. The van der Waals surface area contributed by atoms with Gasteiger partial charge < -0.3 is 5.32 Å². The summed E-state index contributed by atoms with van der Waals surface area (Å²) in [6.07, 6.45) is 2.85. The monoisotopic (exact) mass is 341 g/mol. The van der Waals surface area contributed by atoms with E-state index in [4.69, 9.17) is 0 Å². The molecule has 2 rings (SSSR count). The van der Waals surface area contributed by atoms with Crippen molar-refractivity contribution in [2.24, 2.45) is 4.99 Å². The molecule has 0 aliphatic heterocycles. The van der Waals surface area contributed by atoms with E-state index in [1.165, 1.54) is 13.0 Å². The van der Waals surface area contributed by atoms with Gasteiger partial charge in [0.05, 0.1) is 16.7 Å². The molecule has 0 unspecified atom stereocenters. The highest BCUT2D eigenvalue weighted by Gasteiger charge is 2.22. The van der Waals surface area contributed by atoms with E-state index in [0.717, 1.165) is 11.8 Å². The average molecular weight is 341 g/mol. The minimum atomic E-state index is -0.701. The number of nitrogens with one attached hydrogen (secondary N) is 1. The van der Waals surface area contributed by atoms with Gasteiger partial charge >= 0.3 is 5.69 Å². The SMILES string of the molecule is CC(=O)[C@H](Cc1ccc(N=C=O)cc1)Nc1nc(C)ncc1[N+](=O)[O-]. The Morgan fingerprint density at radius 1 is 1.40 bits per heavy atom. The average Bonchev–Trinajstić information content (AvgIpc) is 2.56. The summed E-state index contributed by atoms with van der Waals surface area (Å²) in [7, 11) is 0. The number of nitro groups is 1. The molecule has 0 aliphatic carbocycles. The van der Waals surface area contributed by atoms with Crippen molar-refractivity contribution < 1.29 is 14.5 Å². The molecule has 1 aromatic carbocycles. The van der Waals surface area contributed by atoms with Crippen molar-refractivity contribution in [2.75, 3.05) is 5.32 Å². The predicted octanol–water partition coefficient (Wildman–Crippen LogP) is 2.27. The van der Waals surface area contributed by atoms with Crippen LogP contribution in [-0.4, -0.2) is 32.8 Å². The lowest BCUT2D eigenvalue weighted by Gasteiger charge is -2.16. The number of aryl methyl sites for hydroxylation is 1. The molecule has 0 fully saturated rings. The van der Waals surface area contributed by atoms with Crippen molar-refractivity contribution >= 4 is 29.1 Å². The zero-order valence-corrected chi connectivity index (χ0v) is 13.6. The lowest BCUT2D eigenvalue weighted by Crippen LogP contribution is -2.30. The van der Waals surface area contributed by atoms with Crippen molar-refractivity contribution in [3.05, 3.63) is 52.0 Å². The number of ketones is 1. The maximum atomic E-state index is 11.9. The first-order chi connectivity index (χ1) is 11.9. The lowest BCUT2D eigenvalue weighted by atomic mass is 10.0. The fraction of sp³-hybridized carbons (Fsp3) is 0.250. The molecule has 9 nitrogen and oxygen atoms in total. The van der Waals surface area contributed by atoms with Gasteiger partial charge in [0.2, 0.25) is 11.9 Å². The van der Waals surface area contributed by atoms with E-state index in [1.54, 1.807) is 31.2 Å². The van der Waals surface area contributed by atoms with Crippen LogP contribution in [0.1, 0.15) is 18.3 Å². The van der Waals surface area contributed by atoms with Crippen molar-refractivity contribution in [3.63, 3.8) is 0 Å². The number of rotatable bonds is 7. The Hall–Kier alpha value is -3.45. The summed E-state index contributed by atoms with van der Waals surface area (Å²) in [6.45, 7) is 2.99. The fourth-order valence-corrected chi connectivity index (χ4v) is 2.16. The Balaban J connectivity index is 2.24. The molecule has 1 heterocycles. The third-order valence-corrected chi connectivity index (χ3v) is 3.44. The molecule has 1 atom stereocenters. The maximum absolute atomic E-state index is 11.9. The van der Waals surface area contributed by atoms with Crippen LogP contribution in [0.25, 0.3) is 0 Å². The quantitative estimate of drug-likeness (QED) is 0.354. The van der Waals surface area contributed by atoms with Crippen LogP contribution < -0.4 is 5.32 Å². The topological polar surface area (TPSA) is 127 Å². The molecule has 0 aliphatic rings. The number of aliphatic imine (C=N–C) groups is 1. The Morgan fingerprint density at radius 2 is 2.08 bits per heavy atom. The molecule has 0 radical (unpaired) electrons. The highest BCUT2D eigenvalue weighted by molar-refractivity contribution is 5.85. The van der Waals surface area contributed by atoms with E-state index < -0.39 is 11.0 Å². The normalized spacial score (nSPS) is 11.3. The fourth-order valence-electron chi connectivity index (χ4n) is 2.16. The van der Waals surface area contributed by atoms with Gasteiger partial charge in [-0.25, -0.2) is 14.8 Å². The van der Waals surface area contributed by atoms with E-state index in [-0.39, 0.29) is 17.3 Å². The summed E-state index contributed by atoms with van der Waals surface area (Å²) >= 11 is 0. The minimum Gasteiger partial charge on any atom is -0.354 e. The number of anilines is 1. The molecule has 2 aromatic rings. The van der Waals surface area contributed by atoms with E-state index in [9.17, 15) is 19.7 Å². The maximum Gasteiger partial charge on any atom is 0.329 e. The lowest BCUT2D eigenvalue weighted by molar-refractivity contribution is -0.384. The number of aromatic nitrogens is 2. The molecule has 9 heteroatoms. The van der Waals surface area contributed by atoms with Crippen LogP contribution in [0.15, 0.2) is 35.5 Å². The molecule has 0 bridgehead atoms. The van der Waals surface area contributed by atoms with Gasteiger partial charge in [-0.15, -0.1) is 0 Å². The number of nitrogens with zero attached hydrogens (tertiary/aromatic N) is 4. The van der Waals surface area contributed by atoms with E-state index >= 15 is 0 Å². The van der Waals surface area contributed by atoms with Crippen LogP contribution in [0, 0.1) is 17.0 Å². The van der Waals surface area contributed by atoms with Crippen LogP contribution in [0.4, 0.5) is 17.2 Å². The Labute approximate surface area is 143 Å². The molecule has 128 valence electrons. The summed E-state index contributed by atoms with van der Waals surface area (Å²) < 4.78 is 0. The van der Waals surface area contributed by atoms with Crippen molar-refractivity contribution in [1.29, 1.82) is 0 Å². The van der Waals surface area contributed by atoms with E-state index in [2.05, 4.69) is 20.3 Å². The van der Waals surface area contributed by atoms with Gasteiger partial charge in [0.1, 0.15) is 12.0 Å². The van der Waals surface area contributed by atoms with E-state index in [0.29, 0.717) is 17.9 Å². The summed E-state index contributed by atoms with van der Waals surface area (Å²) in [5, 5.41) is 13.9. The van der Waals surface area contributed by atoms with Gasteiger partial charge in [0.25, 0.3) is 0 Å². The number of Topliss-reactive ketones (excluding diaryl/α,β-unsaturated/α-hetero) is 1. The van der Waals surface area contributed by atoms with Gasteiger partial charge in [-0.3, -0.25) is 14.9 Å². The summed E-state index contributed by atoms with van der Waals surface area (Å²) in [5.74, 6) is 0.159. The third kappa shape index (κ3) is 4.76. The van der Waals surface area contributed by atoms with Gasteiger partial charge in [-0.05, 0) is 38.0 Å². The number of hydrogen-bond acceptors (Lipinski definition) is 8. The number of carbonyl (C=O) groups excluding carboxylic acids is 2. The van der Waals surface area contributed by atoms with E-state index in [1.807, 2.05) is 0 Å². The third-order valence-electron chi connectivity index (χ3n) is 3.44. The summed E-state index contributed by atoms with van der Waals surface area (Å²) in [6, 6.07) is 5.97. The highest BCUT2D eigenvalue weighted by atomic mass is 16.6. The highest BCUT2D eigenvalue weighted by Crippen LogP contribution is 2.22. The largest absolute Gasteiger partial charge is 0.354 e. The zero-order valence-electron chi connectivity index (χ0n) is 13.6. The molecular formula is C16H15N5O4. The molecule has 1 aromatic heterocycles. The molecule has 0 spiro atoms. The number of carbonyl (C=O) groups is 1. The Bertz CT molecular complexity index is 844. The summed E-state index contributed by atoms with van der Waals surface area (Å²) in [5.41, 5.74) is 0.951. The van der Waals surface area contributed by atoms with Crippen LogP contribution in [0.2, 0.25) is 0 Å². The Kier molecular flexibility index (Phi) is 5.65. The number of isocyanates is 1. The second-order valence-corrected chi connectivity index (χ2v) is 5.29. The number of hydrogen-bond donors (Lipinski definition) is 1.